The molecule has 0 aliphatic carbocycles. The Morgan fingerprint density at radius 2 is 1.94 bits per heavy atom. The number of pyridine rings is 1. The van der Waals surface area contributed by atoms with E-state index in [0.717, 1.165) is 23.6 Å². The van der Waals surface area contributed by atoms with Gasteiger partial charge < -0.3 is 24.1 Å². The molecule has 2 heterocycles. The van der Waals surface area contributed by atoms with Crippen molar-refractivity contribution in [1.29, 1.82) is 0 Å². The van der Waals surface area contributed by atoms with Gasteiger partial charge in [0.05, 0.1) is 33.4 Å². The number of benzene rings is 1. The minimum Gasteiger partial charge on any atom is -0.493 e. The van der Waals surface area contributed by atoms with E-state index in [-0.39, 0.29) is 11.3 Å². The predicted octanol–water partition coefficient (Wildman–Crippen LogP) is 3.53. The van der Waals surface area contributed by atoms with Gasteiger partial charge in [0.15, 0.2) is 0 Å². The van der Waals surface area contributed by atoms with Crippen molar-refractivity contribution in [1.82, 2.24) is 4.57 Å². The molecular weight excluding hydrogens is 456 g/mol. The molecule has 0 amide bonds. The zero-order chi connectivity index (χ0) is 24.5. The molecule has 0 atom stereocenters. The largest absolute Gasteiger partial charge is 0.493 e. The van der Waals surface area contributed by atoms with E-state index in [1.807, 2.05) is 24.4 Å². The van der Waals surface area contributed by atoms with Gasteiger partial charge >= 0.3 is 11.9 Å². The number of hydrogen-bond acceptors (Lipinski definition) is 8. The molecule has 0 unspecified atom stereocenters. The summed E-state index contributed by atoms with van der Waals surface area (Å²) in [6.45, 7) is 2.68. The summed E-state index contributed by atoms with van der Waals surface area (Å²) in [6, 6.07) is 12.7. The van der Waals surface area contributed by atoms with Crippen LogP contribution in [0.15, 0.2) is 70.6 Å². The quantitative estimate of drug-likeness (QED) is 0.349. The minimum absolute atomic E-state index is 0.0594. The van der Waals surface area contributed by atoms with E-state index in [2.05, 4.69) is 16.1 Å². The van der Waals surface area contributed by atoms with Gasteiger partial charge in [-0.1, -0.05) is 18.2 Å². The van der Waals surface area contributed by atoms with Crippen LogP contribution in [0.5, 0.6) is 5.75 Å². The standard InChI is InChI=1S/C25H26N2O6S/c1-17-18(6-4-8-21(17)26-22(25(30)32-3)15-24(29)31-2)16-27-11-9-19(14-23(27)28)33-12-10-20-7-5-13-34-20/h4-9,11,13-15,26H,10,12,16H2,1-3H3/b22-15+. The number of anilines is 1. The second-order valence-corrected chi connectivity index (χ2v) is 8.33. The van der Waals surface area contributed by atoms with Gasteiger partial charge in [-0.2, -0.15) is 0 Å². The van der Waals surface area contributed by atoms with Crippen molar-refractivity contribution in [2.24, 2.45) is 0 Å². The predicted molar refractivity (Wildman–Crippen MR) is 130 cm³/mol. The Kier molecular flexibility index (Phi) is 8.64. The molecule has 3 aromatic rings. The summed E-state index contributed by atoms with van der Waals surface area (Å²) in [5.41, 5.74) is 2.02. The SMILES string of the molecule is COC(=O)/C=C(/Nc1cccc(Cn2ccc(OCCc3cccs3)cc2=O)c1C)C(=O)OC. The van der Waals surface area contributed by atoms with E-state index in [9.17, 15) is 14.4 Å². The lowest BCUT2D eigenvalue weighted by atomic mass is 10.1. The third-order valence-corrected chi connectivity index (χ3v) is 6.03. The number of esters is 2. The Hall–Kier alpha value is -3.85. The Morgan fingerprint density at radius 3 is 2.62 bits per heavy atom. The molecule has 0 saturated heterocycles. The second-order valence-electron chi connectivity index (χ2n) is 7.29. The highest BCUT2D eigenvalue weighted by Gasteiger charge is 2.15. The fourth-order valence-corrected chi connectivity index (χ4v) is 3.88. The third kappa shape index (κ3) is 6.58. The summed E-state index contributed by atoms with van der Waals surface area (Å²) >= 11 is 1.67. The molecule has 2 aromatic heterocycles. The summed E-state index contributed by atoms with van der Waals surface area (Å²) in [4.78, 5) is 37.5. The number of carbonyl (C=O) groups excluding carboxylic acids is 2. The molecule has 0 radical (unpaired) electrons. The number of aromatic nitrogens is 1. The first kappa shape index (κ1) is 24.8. The highest BCUT2D eigenvalue weighted by Crippen LogP contribution is 2.22. The van der Waals surface area contributed by atoms with Crippen molar-refractivity contribution >= 4 is 29.0 Å². The van der Waals surface area contributed by atoms with Crippen LogP contribution in [0.25, 0.3) is 0 Å². The highest BCUT2D eigenvalue weighted by atomic mass is 32.1. The normalized spacial score (nSPS) is 11.1. The summed E-state index contributed by atoms with van der Waals surface area (Å²) < 4.78 is 16.6. The van der Waals surface area contributed by atoms with Gasteiger partial charge in [-0.25, -0.2) is 9.59 Å². The molecule has 0 bridgehead atoms. The maximum atomic E-state index is 12.6. The molecular formula is C25H26N2O6S. The Bertz CT molecular complexity index is 1230. The van der Waals surface area contributed by atoms with Gasteiger partial charge in [0.25, 0.3) is 5.56 Å². The van der Waals surface area contributed by atoms with E-state index in [1.54, 1.807) is 40.3 Å². The molecule has 0 aliphatic heterocycles. The number of methoxy groups -OCH3 is 2. The minimum atomic E-state index is -0.707. The number of carbonyl (C=O) groups is 2. The number of hydrogen-bond donors (Lipinski definition) is 1. The molecule has 0 spiro atoms. The molecule has 0 saturated carbocycles. The summed E-state index contributed by atoms with van der Waals surface area (Å²) in [5.74, 6) is -0.868. The van der Waals surface area contributed by atoms with E-state index in [4.69, 9.17) is 9.47 Å². The van der Waals surface area contributed by atoms with Crippen LogP contribution in [-0.4, -0.2) is 37.3 Å². The molecule has 3 rings (SSSR count). The first-order chi connectivity index (χ1) is 16.4. The van der Waals surface area contributed by atoms with Crippen LogP contribution in [0.1, 0.15) is 16.0 Å². The van der Waals surface area contributed by atoms with Crippen LogP contribution >= 0.6 is 11.3 Å². The van der Waals surface area contributed by atoms with E-state index >= 15 is 0 Å². The van der Waals surface area contributed by atoms with Crippen molar-refractivity contribution in [2.75, 3.05) is 26.1 Å². The molecule has 8 nitrogen and oxygen atoms in total. The van der Waals surface area contributed by atoms with E-state index in [0.29, 0.717) is 24.6 Å². The third-order valence-electron chi connectivity index (χ3n) is 5.09. The number of thiophene rings is 1. The van der Waals surface area contributed by atoms with Gasteiger partial charge in [0, 0.05) is 29.2 Å². The number of rotatable bonds is 10. The molecule has 178 valence electrons. The fraction of sp³-hybridized carbons (Fsp3) is 0.240. The van der Waals surface area contributed by atoms with Crippen molar-refractivity contribution < 1.29 is 23.8 Å². The van der Waals surface area contributed by atoms with Crippen LogP contribution in [0.4, 0.5) is 5.69 Å². The summed E-state index contributed by atoms with van der Waals surface area (Å²) in [5, 5.41) is 4.95. The maximum Gasteiger partial charge on any atom is 0.354 e. The number of nitrogens with one attached hydrogen (secondary N) is 1. The van der Waals surface area contributed by atoms with Crippen LogP contribution in [0.2, 0.25) is 0 Å². The smallest absolute Gasteiger partial charge is 0.354 e. The maximum absolute atomic E-state index is 12.6. The van der Waals surface area contributed by atoms with Crippen molar-refractivity contribution in [3.63, 3.8) is 0 Å². The number of ether oxygens (including phenoxy) is 3. The fourth-order valence-electron chi connectivity index (χ4n) is 3.19. The number of nitrogens with zero attached hydrogens (tertiary/aromatic N) is 1. The monoisotopic (exact) mass is 482 g/mol. The Balaban J connectivity index is 1.72. The van der Waals surface area contributed by atoms with Gasteiger partial charge in [0.1, 0.15) is 11.4 Å². The van der Waals surface area contributed by atoms with Crippen LogP contribution < -0.4 is 15.6 Å². The summed E-state index contributed by atoms with van der Waals surface area (Å²) in [7, 11) is 2.44. The van der Waals surface area contributed by atoms with Crippen LogP contribution in [0, 0.1) is 6.92 Å². The zero-order valence-corrected chi connectivity index (χ0v) is 20.0. The lowest BCUT2D eigenvalue weighted by Crippen LogP contribution is -2.20. The van der Waals surface area contributed by atoms with Crippen LogP contribution in [-0.2, 0) is 32.0 Å². The average molecular weight is 483 g/mol. The average Bonchev–Trinajstić information content (AvgIpc) is 3.35. The lowest BCUT2D eigenvalue weighted by molar-refractivity contribution is -0.138. The highest BCUT2D eigenvalue weighted by molar-refractivity contribution is 7.09. The molecule has 9 heteroatoms. The molecule has 1 N–H and O–H groups in total. The first-order valence-electron chi connectivity index (χ1n) is 10.5. The molecule has 1 aromatic carbocycles. The van der Waals surface area contributed by atoms with Gasteiger partial charge in [0.2, 0.25) is 0 Å². The Morgan fingerprint density at radius 1 is 1.12 bits per heavy atom. The molecule has 0 aliphatic rings. The first-order valence-corrected chi connectivity index (χ1v) is 11.4. The Labute approximate surface area is 201 Å². The van der Waals surface area contributed by atoms with Crippen molar-refractivity contribution in [2.45, 2.75) is 19.9 Å². The van der Waals surface area contributed by atoms with E-state index in [1.165, 1.54) is 25.2 Å². The second kappa shape index (κ2) is 11.9. The lowest BCUT2D eigenvalue weighted by Gasteiger charge is -2.15. The zero-order valence-electron chi connectivity index (χ0n) is 19.2. The molecule has 0 fully saturated rings. The molecule has 34 heavy (non-hydrogen) atoms. The van der Waals surface area contributed by atoms with Gasteiger partial charge in [-0.15, -0.1) is 11.3 Å². The topological polar surface area (TPSA) is 95.9 Å². The van der Waals surface area contributed by atoms with Crippen LogP contribution in [0.3, 0.4) is 0 Å². The van der Waals surface area contributed by atoms with E-state index < -0.39 is 11.9 Å². The van der Waals surface area contributed by atoms with Gasteiger partial charge in [-0.3, -0.25) is 4.79 Å². The van der Waals surface area contributed by atoms with Crippen molar-refractivity contribution in [3.8, 4) is 5.75 Å². The summed E-state index contributed by atoms with van der Waals surface area (Å²) in [6.07, 6.45) is 3.51. The van der Waals surface area contributed by atoms with Gasteiger partial charge in [-0.05, 0) is 41.6 Å². The van der Waals surface area contributed by atoms with Crippen molar-refractivity contribution in [3.05, 3.63) is 92.2 Å².